The number of nitrogens with zero attached hydrogens (tertiary/aromatic N) is 2. The minimum absolute atomic E-state index is 0.119. The topological polar surface area (TPSA) is 28.2 Å². The van der Waals surface area contributed by atoms with E-state index in [1.54, 1.807) is 0 Å². The monoisotopic (exact) mass is 275 g/mol. The molecule has 0 aliphatic rings. The van der Waals surface area contributed by atoms with Gasteiger partial charge < -0.3 is 10.2 Å². The summed E-state index contributed by atoms with van der Waals surface area (Å²) in [5.74, 6) is 1.45. The zero-order valence-corrected chi connectivity index (χ0v) is 13.8. The van der Waals surface area contributed by atoms with Gasteiger partial charge in [0.15, 0.2) is 0 Å². The van der Waals surface area contributed by atoms with Crippen LogP contribution in [0.5, 0.6) is 0 Å². The van der Waals surface area contributed by atoms with Crippen molar-refractivity contribution in [2.24, 2.45) is 0 Å². The van der Waals surface area contributed by atoms with Gasteiger partial charge in [-0.3, -0.25) is 0 Å². The van der Waals surface area contributed by atoms with Crippen LogP contribution in [0.4, 0.5) is 5.82 Å². The van der Waals surface area contributed by atoms with Gasteiger partial charge in [0.25, 0.3) is 0 Å². The minimum Gasteiger partial charge on any atom is -0.356 e. The molecule has 0 fully saturated rings. The summed E-state index contributed by atoms with van der Waals surface area (Å²) in [6, 6.07) is 4.36. The van der Waals surface area contributed by atoms with Crippen molar-refractivity contribution in [2.75, 3.05) is 18.5 Å². The van der Waals surface area contributed by atoms with E-state index in [1.165, 1.54) is 5.56 Å². The lowest BCUT2D eigenvalue weighted by Crippen LogP contribution is -2.35. The fraction of sp³-hybridized carbons (Fsp3) is 0.588. The highest BCUT2D eigenvalue weighted by Gasteiger charge is 2.12. The molecule has 1 aromatic heterocycles. The van der Waals surface area contributed by atoms with Crippen molar-refractivity contribution in [3.63, 3.8) is 0 Å². The summed E-state index contributed by atoms with van der Waals surface area (Å²) in [5.41, 5.74) is 2.54. The van der Waals surface area contributed by atoms with Crippen LogP contribution >= 0.6 is 0 Å². The Hall–Kier alpha value is -1.35. The highest BCUT2D eigenvalue weighted by molar-refractivity contribution is 5.43. The minimum atomic E-state index is 0.119. The molecule has 1 heterocycles. The van der Waals surface area contributed by atoms with Crippen LogP contribution in [0.1, 0.15) is 51.8 Å². The Balaban J connectivity index is 3.01. The summed E-state index contributed by atoms with van der Waals surface area (Å²) in [5, 5.41) is 3.54. The molecule has 0 bridgehead atoms. The summed E-state index contributed by atoms with van der Waals surface area (Å²) < 4.78 is 0. The lowest BCUT2D eigenvalue weighted by atomic mass is 10.1. The molecule has 0 spiro atoms. The molecule has 0 unspecified atom stereocenters. The van der Waals surface area contributed by atoms with Gasteiger partial charge in [0.05, 0.1) is 0 Å². The first-order valence-electron chi connectivity index (χ1n) is 7.31. The van der Waals surface area contributed by atoms with Crippen LogP contribution in [0.2, 0.25) is 0 Å². The van der Waals surface area contributed by atoms with E-state index in [0.29, 0.717) is 5.92 Å². The van der Waals surface area contributed by atoms with Crippen molar-refractivity contribution in [3.05, 3.63) is 36.0 Å². The number of rotatable bonds is 6. The fourth-order valence-electron chi connectivity index (χ4n) is 1.84. The molecule has 20 heavy (non-hydrogen) atoms. The van der Waals surface area contributed by atoms with E-state index < -0.39 is 0 Å². The number of aromatic nitrogens is 1. The van der Waals surface area contributed by atoms with E-state index in [0.717, 1.165) is 24.6 Å². The quantitative estimate of drug-likeness (QED) is 0.802. The summed E-state index contributed by atoms with van der Waals surface area (Å²) in [4.78, 5) is 6.87. The Morgan fingerprint density at radius 2 is 2.00 bits per heavy atom. The van der Waals surface area contributed by atoms with Gasteiger partial charge in [-0.05, 0) is 44.4 Å². The van der Waals surface area contributed by atoms with Gasteiger partial charge in [-0.25, -0.2) is 4.98 Å². The van der Waals surface area contributed by atoms with Crippen molar-refractivity contribution >= 4 is 5.82 Å². The molecule has 0 radical (unpaired) electrons. The third-order valence-corrected chi connectivity index (χ3v) is 3.10. The van der Waals surface area contributed by atoms with Crippen LogP contribution in [0.15, 0.2) is 24.8 Å². The number of hydrogen-bond donors (Lipinski definition) is 1. The maximum Gasteiger partial charge on any atom is 0.129 e. The van der Waals surface area contributed by atoms with E-state index >= 15 is 0 Å². The van der Waals surface area contributed by atoms with E-state index in [1.807, 2.05) is 6.08 Å². The molecule has 0 aliphatic heterocycles. The predicted molar refractivity (Wildman–Crippen MR) is 88.4 cm³/mol. The summed E-state index contributed by atoms with van der Waals surface area (Å²) in [6.45, 7) is 16.4. The molecule has 3 heteroatoms. The van der Waals surface area contributed by atoms with Gasteiger partial charge in [0.2, 0.25) is 0 Å². The molecule has 0 atom stereocenters. The van der Waals surface area contributed by atoms with Crippen LogP contribution in [-0.4, -0.2) is 24.1 Å². The normalized spacial score (nSPS) is 11.8. The lowest BCUT2D eigenvalue weighted by molar-refractivity contribution is 0.424. The summed E-state index contributed by atoms with van der Waals surface area (Å²) in [6.07, 6.45) is 1.90. The van der Waals surface area contributed by atoms with Crippen LogP contribution in [0, 0.1) is 0 Å². The van der Waals surface area contributed by atoms with Gasteiger partial charge in [-0.2, -0.15) is 0 Å². The van der Waals surface area contributed by atoms with Gasteiger partial charge in [0, 0.05) is 31.4 Å². The molecule has 1 N–H and O–H groups in total. The summed E-state index contributed by atoms with van der Waals surface area (Å²) in [7, 11) is 2.05. The number of nitrogens with one attached hydrogen (secondary N) is 1. The first-order valence-corrected chi connectivity index (χ1v) is 7.31. The van der Waals surface area contributed by atoms with Crippen molar-refractivity contribution < 1.29 is 0 Å². The molecule has 0 aromatic carbocycles. The fourth-order valence-corrected chi connectivity index (χ4v) is 1.84. The zero-order chi connectivity index (χ0) is 15.3. The number of likely N-dealkylation sites (N-methyl/N-ethyl adjacent to an activating group) is 1. The van der Waals surface area contributed by atoms with Crippen molar-refractivity contribution in [1.82, 2.24) is 10.3 Å². The lowest BCUT2D eigenvalue weighted by Gasteiger charge is -2.23. The van der Waals surface area contributed by atoms with Crippen molar-refractivity contribution in [2.45, 2.75) is 52.6 Å². The van der Waals surface area contributed by atoms with E-state index in [2.05, 4.69) is 70.6 Å². The van der Waals surface area contributed by atoms with Gasteiger partial charge >= 0.3 is 0 Å². The molecule has 112 valence electrons. The Bertz CT molecular complexity index is 444. The third-order valence-electron chi connectivity index (χ3n) is 3.10. The van der Waals surface area contributed by atoms with Crippen molar-refractivity contribution in [1.29, 1.82) is 0 Å². The SMILES string of the molecule is C=CCN(C)c1cc(CNC(C)(C)C)cc(C(C)C)n1. The van der Waals surface area contributed by atoms with Crippen molar-refractivity contribution in [3.8, 4) is 0 Å². The number of hydrogen-bond acceptors (Lipinski definition) is 3. The molecular weight excluding hydrogens is 246 g/mol. The summed E-state index contributed by atoms with van der Waals surface area (Å²) >= 11 is 0. The second kappa shape index (κ2) is 6.89. The standard InChI is InChI=1S/C17H29N3/c1-8-9-20(7)16-11-14(12-18-17(4,5)6)10-15(19-16)13(2)3/h8,10-11,13,18H,1,9,12H2,2-7H3. The van der Waals surface area contributed by atoms with Gasteiger partial charge in [-0.1, -0.05) is 19.9 Å². The molecule has 0 saturated carbocycles. The van der Waals surface area contributed by atoms with Gasteiger partial charge in [0.1, 0.15) is 5.82 Å². The van der Waals surface area contributed by atoms with Crippen LogP contribution in [0.25, 0.3) is 0 Å². The molecule has 0 amide bonds. The first-order chi connectivity index (χ1) is 9.23. The molecule has 1 aromatic rings. The second-order valence-electron chi connectivity index (χ2n) is 6.69. The molecule has 0 saturated heterocycles. The third kappa shape index (κ3) is 5.33. The Morgan fingerprint density at radius 1 is 1.35 bits per heavy atom. The Kier molecular flexibility index (Phi) is 5.75. The Morgan fingerprint density at radius 3 is 2.50 bits per heavy atom. The number of anilines is 1. The predicted octanol–water partition coefficient (Wildman–Crippen LogP) is 3.72. The molecule has 0 aliphatic carbocycles. The number of pyridine rings is 1. The highest BCUT2D eigenvalue weighted by Crippen LogP contribution is 2.20. The largest absolute Gasteiger partial charge is 0.356 e. The van der Waals surface area contributed by atoms with Gasteiger partial charge in [-0.15, -0.1) is 6.58 Å². The van der Waals surface area contributed by atoms with E-state index in [-0.39, 0.29) is 5.54 Å². The van der Waals surface area contributed by atoms with E-state index in [4.69, 9.17) is 4.98 Å². The highest BCUT2D eigenvalue weighted by atomic mass is 15.2. The van der Waals surface area contributed by atoms with Crippen LogP contribution < -0.4 is 10.2 Å². The molecular formula is C17H29N3. The second-order valence-corrected chi connectivity index (χ2v) is 6.69. The van der Waals surface area contributed by atoms with Crippen LogP contribution in [-0.2, 0) is 6.54 Å². The maximum absolute atomic E-state index is 4.75. The Labute approximate surface area is 124 Å². The molecule has 1 rings (SSSR count). The smallest absolute Gasteiger partial charge is 0.129 e. The average Bonchev–Trinajstić information content (AvgIpc) is 2.35. The molecule has 3 nitrogen and oxygen atoms in total. The van der Waals surface area contributed by atoms with E-state index in [9.17, 15) is 0 Å². The maximum atomic E-state index is 4.75. The van der Waals surface area contributed by atoms with Crippen LogP contribution in [0.3, 0.4) is 0 Å². The zero-order valence-electron chi connectivity index (χ0n) is 13.8. The average molecular weight is 275 g/mol. The first kappa shape index (κ1) is 16.7.